The van der Waals surface area contributed by atoms with Crippen molar-refractivity contribution in [3.05, 3.63) is 201 Å². The summed E-state index contributed by atoms with van der Waals surface area (Å²) in [6.45, 7) is 22.0. The standard InChI is InChI=1S/C32H35FO6S.C26H30BFO6.C12H17BrO2S.C10H14BrN/c1-19-14-21(6-5-13-40(4,35)36)15-20(2)31(19)25-9-11-27(33)32-26(25)10-12-28(32)39-23-7-8-24-22(16-30(34)37-3)18-38-29(24)17-23;1-25(2)26(3,4)34-27(33-25)19-9-10-20(28)24-18(19)8-11-21(24)32-16-6-7-17-15(12-23(29)30-5)14-31-22(17)13-16;1-9-7-11(8-10(2)12(9)13)5-4-6-16(3,14)15;1-7-5-9(3-4-12)6-8(2)10(7)11/h7-9,11,14-15,17,22,28H,5-6,10,12-13,16,18H2,1-4H3;6-7,9-10,13,15,21H,8,11-12,14H2,1-5H3;7-8H,4-6H2,1-3H3;5-6H,3-4,12H2,1-2H3/t22-,28-;15-,21-;;/m11../s1. The minimum Gasteiger partial charge on any atom is -0.492 e. The molecule has 2 aliphatic carbocycles. The highest BCUT2D eigenvalue weighted by Gasteiger charge is 2.53. The fourth-order valence-electron chi connectivity index (χ4n) is 14.2. The van der Waals surface area contributed by atoms with Gasteiger partial charge in [-0.25, -0.2) is 25.6 Å². The summed E-state index contributed by atoms with van der Waals surface area (Å²) >= 11 is 7.05. The van der Waals surface area contributed by atoms with Crippen molar-refractivity contribution in [2.24, 2.45) is 5.73 Å². The van der Waals surface area contributed by atoms with E-state index in [2.05, 4.69) is 110 Å². The number of hydrogen-bond donors (Lipinski definition) is 1. The van der Waals surface area contributed by atoms with E-state index in [0.29, 0.717) is 92.3 Å². The van der Waals surface area contributed by atoms with Gasteiger partial charge in [0.1, 0.15) is 66.5 Å². The maximum absolute atomic E-state index is 15.3. The molecule has 22 heteroatoms. The highest BCUT2D eigenvalue weighted by molar-refractivity contribution is 9.11. The van der Waals surface area contributed by atoms with Gasteiger partial charge in [0, 0.05) is 67.7 Å². The summed E-state index contributed by atoms with van der Waals surface area (Å²) in [7, 11) is -3.60. The first-order chi connectivity index (χ1) is 48.1. The molecule has 0 unspecified atom stereocenters. The van der Waals surface area contributed by atoms with Crippen LogP contribution in [0.5, 0.6) is 23.0 Å². The first kappa shape index (κ1) is 79.5. The molecule has 7 aromatic carbocycles. The van der Waals surface area contributed by atoms with Crippen molar-refractivity contribution in [2.45, 2.75) is 175 Å². The number of hydrogen-bond acceptors (Lipinski definition) is 15. The Bertz CT molecular complexity index is 4400. The van der Waals surface area contributed by atoms with Gasteiger partial charge in [-0.2, -0.15) is 0 Å². The Labute approximate surface area is 618 Å². The highest BCUT2D eigenvalue weighted by atomic mass is 79.9. The van der Waals surface area contributed by atoms with Gasteiger partial charge in [-0.1, -0.05) is 92.5 Å². The lowest BCUT2D eigenvalue weighted by Crippen LogP contribution is -2.41. The van der Waals surface area contributed by atoms with E-state index < -0.39 is 50.2 Å². The third-order valence-corrected chi connectivity index (χ3v) is 24.5. The second kappa shape index (κ2) is 33.6. The van der Waals surface area contributed by atoms with Crippen molar-refractivity contribution in [1.29, 1.82) is 0 Å². The number of sulfone groups is 2. The van der Waals surface area contributed by atoms with E-state index in [-0.39, 0.29) is 59.8 Å². The lowest BCUT2D eigenvalue weighted by molar-refractivity contribution is -0.142. The van der Waals surface area contributed by atoms with Gasteiger partial charge in [0.2, 0.25) is 0 Å². The molecule has 12 rings (SSSR count). The van der Waals surface area contributed by atoms with Gasteiger partial charge >= 0.3 is 19.1 Å². The molecule has 1 saturated heterocycles. The summed E-state index contributed by atoms with van der Waals surface area (Å²) in [6.07, 6.45) is 8.70. The number of carbonyl (C=O) groups is 2. The highest BCUT2D eigenvalue weighted by Crippen LogP contribution is 2.47. The topological polar surface area (TPSA) is 202 Å². The SMILES string of the molecule is COC(=O)C[C@@H]1COc2cc(O[C@@H]3CCc4c(-c5c(C)cc(CCCS(C)(=O)=O)cc5C)ccc(F)c43)ccc21.COC(=O)C[C@@H]1COc2cc(O[C@@H]3CCc4c(B5OC(C)(C)C(C)(C)O5)ccc(F)c43)ccc21.Cc1cc(CCCS(C)(=O)=O)cc(C)c1Br.Cc1cc(CCN)cc(C)c1Br. The molecule has 0 amide bonds. The lowest BCUT2D eigenvalue weighted by atomic mass is 9.75. The molecule has 2 N–H and O–H groups in total. The van der Waals surface area contributed by atoms with Crippen LogP contribution in [0.1, 0.15) is 174 Å². The van der Waals surface area contributed by atoms with Crippen LogP contribution in [0.15, 0.2) is 106 Å². The van der Waals surface area contributed by atoms with Gasteiger partial charge in [0.25, 0.3) is 0 Å². The van der Waals surface area contributed by atoms with E-state index in [9.17, 15) is 26.4 Å². The fourth-order valence-corrected chi connectivity index (χ4v) is 16.0. The van der Waals surface area contributed by atoms with Gasteiger partial charge in [-0.15, -0.1) is 0 Å². The first-order valence-electron chi connectivity index (χ1n) is 34.7. The van der Waals surface area contributed by atoms with Crippen molar-refractivity contribution in [3.8, 4) is 34.1 Å². The van der Waals surface area contributed by atoms with Crippen LogP contribution in [-0.4, -0.2) is 105 Å². The zero-order valence-corrected chi connectivity index (χ0v) is 65.9. The normalized spacial score (nSPS) is 18.0. The predicted molar refractivity (Wildman–Crippen MR) is 405 cm³/mol. The fraction of sp³-hybridized carbons (Fsp3) is 0.450. The van der Waals surface area contributed by atoms with Crippen LogP contribution >= 0.6 is 31.9 Å². The average Bonchev–Trinajstić information content (AvgIpc) is 1.59. The molecule has 7 aromatic rings. The Morgan fingerprint density at radius 2 is 0.951 bits per heavy atom. The summed E-state index contributed by atoms with van der Waals surface area (Å²) in [4.78, 5) is 23.4. The summed E-state index contributed by atoms with van der Waals surface area (Å²) in [6, 6.07) is 30.6. The molecule has 0 saturated carbocycles. The summed E-state index contributed by atoms with van der Waals surface area (Å²) in [5.41, 5.74) is 23.3. The van der Waals surface area contributed by atoms with Gasteiger partial charge in [-0.3, -0.25) is 9.59 Å². The predicted octanol–water partition coefficient (Wildman–Crippen LogP) is 16.0. The Morgan fingerprint density at radius 1 is 0.559 bits per heavy atom. The van der Waals surface area contributed by atoms with Crippen LogP contribution in [0, 0.1) is 53.2 Å². The van der Waals surface area contributed by atoms with Crippen molar-refractivity contribution < 1.29 is 72.9 Å². The zero-order valence-electron chi connectivity index (χ0n) is 61.1. The number of halogens is 4. The maximum atomic E-state index is 15.3. The molecule has 0 bridgehead atoms. The second-order valence-corrected chi connectivity index (χ2v) is 34.7. The van der Waals surface area contributed by atoms with E-state index >= 15 is 8.78 Å². The van der Waals surface area contributed by atoms with Crippen LogP contribution in [0.4, 0.5) is 8.78 Å². The van der Waals surface area contributed by atoms with E-state index in [1.54, 1.807) is 6.07 Å². The lowest BCUT2D eigenvalue weighted by Gasteiger charge is -2.32. The third kappa shape index (κ3) is 19.6. The van der Waals surface area contributed by atoms with Gasteiger partial charge in [0.05, 0.1) is 63.0 Å². The van der Waals surface area contributed by atoms with Crippen molar-refractivity contribution >= 4 is 76.1 Å². The van der Waals surface area contributed by atoms with E-state index in [4.69, 9.17) is 43.5 Å². The van der Waals surface area contributed by atoms with Crippen LogP contribution in [-0.2, 0) is 80.2 Å². The number of methoxy groups -OCH3 is 2. The number of ether oxygens (including phenoxy) is 6. The maximum Gasteiger partial charge on any atom is 0.495 e. The molecule has 4 atom stereocenters. The summed E-state index contributed by atoms with van der Waals surface area (Å²) < 4.78 is 124. The van der Waals surface area contributed by atoms with E-state index in [1.807, 2.05) is 70.2 Å². The monoisotopic (exact) mass is 1570 g/mol. The number of fused-ring (bicyclic) bond motifs is 4. The Hall–Kier alpha value is -6.66. The average molecular weight is 1570 g/mol. The van der Waals surface area contributed by atoms with Crippen LogP contribution in [0.3, 0.4) is 0 Å². The number of rotatable bonds is 20. The Balaban J connectivity index is 0.000000175. The van der Waals surface area contributed by atoms with E-state index in [1.165, 1.54) is 76.7 Å². The van der Waals surface area contributed by atoms with Crippen molar-refractivity contribution in [1.82, 2.24) is 0 Å². The molecule has 0 aromatic heterocycles. The van der Waals surface area contributed by atoms with Gasteiger partial charge < -0.3 is 43.5 Å². The Kier molecular flexibility index (Phi) is 26.2. The molecule has 102 heavy (non-hydrogen) atoms. The van der Waals surface area contributed by atoms with Crippen LogP contribution in [0.2, 0.25) is 0 Å². The smallest absolute Gasteiger partial charge is 0.492 e. The molecule has 1 fully saturated rings. The summed E-state index contributed by atoms with van der Waals surface area (Å²) in [5.74, 6) is 1.83. The van der Waals surface area contributed by atoms with Crippen LogP contribution in [0.25, 0.3) is 11.1 Å². The molecule has 5 aliphatic rings. The first-order valence-corrected chi connectivity index (χ1v) is 40.4. The number of esters is 2. The molecule has 548 valence electrons. The molecular weight excluding hydrogens is 1470 g/mol. The number of aryl methyl sites for hydroxylation is 8. The number of carbonyl (C=O) groups excluding carboxylic acids is 2. The minimum absolute atomic E-state index is 0.0383. The molecule has 0 spiro atoms. The minimum atomic E-state index is -2.99. The van der Waals surface area contributed by atoms with Gasteiger partial charge in [0.15, 0.2) is 0 Å². The number of nitrogens with two attached hydrogens (primary N) is 1. The molecule has 3 aliphatic heterocycles. The molecule has 0 radical (unpaired) electrons. The second-order valence-electron chi connectivity index (χ2n) is 28.6. The quantitative estimate of drug-likeness (QED) is 0.0557. The molecule has 3 heterocycles. The molecular formula is C80H96BBr2F2NO14S2. The Morgan fingerprint density at radius 3 is 1.36 bits per heavy atom. The van der Waals surface area contributed by atoms with Gasteiger partial charge in [-0.05, 0) is 236 Å². The van der Waals surface area contributed by atoms with Crippen molar-refractivity contribution in [2.75, 3.05) is 58.0 Å². The van der Waals surface area contributed by atoms with Crippen molar-refractivity contribution in [3.63, 3.8) is 0 Å². The van der Waals surface area contributed by atoms with E-state index in [0.717, 1.165) is 79.4 Å². The summed E-state index contributed by atoms with van der Waals surface area (Å²) in [5, 5.41) is 0. The third-order valence-electron chi connectivity index (χ3n) is 19.9. The molecule has 15 nitrogen and oxygen atoms in total. The van der Waals surface area contributed by atoms with Crippen LogP contribution < -0.4 is 30.1 Å². The number of benzene rings is 7. The zero-order chi connectivity index (χ0) is 74.3. The largest absolute Gasteiger partial charge is 0.495 e.